The molecule has 1 aliphatic heterocycles. The lowest BCUT2D eigenvalue weighted by molar-refractivity contribution is -0.123. The minimum atomic E-state index is -0.480. The van der Waals surface area contributed by atoms with Gasteiger partial charge in [0.05, 0.1) is 18.1 Å². The fraction of sp³-hybridized carbons (Fsp3) is 0.714. The highest BCUT2D eigenvalue weighted by atomic mass is 16.2. The average Bonchev–Trinajstić information content (AvgIpc) is 3.03. The molecule has 3 heterocycles. The van der Waals surface area contributed by atoms with Gasteiger partial charge in [-0.2, -0.15) is 5.10 Å². The van der Waals surface area contributed by atoms with Crippen LogP contribution in [0.15, 0.2) is 12.5 Å². The van der Waals surface area contributed by atoms with E-state index in [9.17, 15) is 4.79 Å². The summed E-state index contributed by atoms with van der Waals surface area (Å²) in [7, 11) is 0. The van der Waals surface area contributed by atoms with Crippen molar-refractivity contribution in [2.45, 2.75) is 60.9 Å². The van der Waals surface area contributed by atoms with Crippen molar-refractivity contribution in [3.8, 4) is 0 Å². The minimum Gasteiger partial charge on any atom is -0.310 e. The molecule has 2 aromatic rings. The molecule has 7 heteroatoms. The smallest absolute Gasteiger partial charge is 0.230 e. The van der Waals surface area contributed by atoms with E-state index < -0.39 is 5.41 Å². The molecule has 0 saturated carbocycles. The van der Waals surface area contributed by atoms with Gasteiger partial charge in [-0.05, 0) is 37.3 Å². The highest BCUT2D eigenvalue weighted by Crippen LogP contribution is 2.34. The summed E-state index contributed by atoms with van der Waals surface area (Å²) in [5.41, 5.74) is 0.686. The number of hydrogen-bond donors (Lipinski definition) is 1. The molecule has 154 valence electrons. The van der Waals surface area contributed by atoms with Gasteiger partial charge in [-0.1, -0.05) is 41.5 Å². The lowest BCUT2D eigenvalue weighted by atomic mass is 9.75. The molecule has 1 saturated heterocycles. The second-order valence-electron chi connectivity index (χ2n) is 10.0. The molecule has 7 nitrogen and oxygen atoms in total. The Morgan fingerprint density at radius 2 is 1.79 bits per heavy atom. The third-order valence-corrected chi connectivity index (χ3v) is 5.79. The monoisotopic (exact) mass is 386 g/mol. The van der Waals surface area contributed by atoms with Gasteiger partial charge in [0.15, 0.2) is 5.65 Å². The topological polar surface area (TPSA) is 75.9 Å². The molecule has 0 atom stereocenters. The second-order valence-corrected chi connectivity index (χ2v) is 10.0. The second kappa shape index (κ2) is 7.78. The molecule has 0 unspecified atom stereocenters. The van der Waals surface area contributed by atoms with Gasteiger partial charge in [0.1, 0.15) is 12.1 Å². The van der Waals surface area contributed by atoms with Crippen LogP contribution in [0.5, 0.6) is 0 Å². The van der Waals surface area contributed by atoms with Gasteiger partial charge in [0.2, 0.25) is 5.91 Å². The Balaban J connectivity index is 1.64. The third-order valence-electron chi connectivity index (χ3n) is 5.79. The maximum Gasteiger partial charge on any atom is 0.230 e. The fourth-order valence-corrected chi connectivity index (χ4v) is 3.71. The predicted octanol–water partition coefficient (Wildman–Crippen LogP) is 3.57. The molecule has 0 aromatic carbocycles. The maximum atomic E-state index is 12.3. The largest absolute Gasteiger partial charge is 0.310 e. The van der Waals surface area contributed by atoms with Gasteiger partial charge < -0.3 is 10.2 Å². The summed E-state index contributed by atoms with van der Waals surface area (Å²) in [6.45, 7) is 16.7. The standard InChI is InChI=1S/C21H34N6O/c1-20(2,3)15-7-9-26(10-8-15)11-12-27-18-16(13-24-27)17(22-14-23-18)25-19(28)21(4,5)6/h13-15H,7-12H2,1-6H3,(H,22,23,25,28). The van der Waals surface area contributed by atoms with E-state index in [2.05, 4.69) is 46.1 Å². The van der Waals surface area contributed by atoms with Gasteiger partial charge in [-0.3, -0.25) is 4.79 Å². The fourth-order valence-electron chi connectivity index (χ4n) is 3.71. The van der Waals surface area contributed by atoms with Gasteiger partial charge in [0, 0.05) is 12.0 Å². The first-order valence-electron chi connectivity index (χ1n) is 10.3. The van der Waals surface area contributed by atoms with Crippen molar-refractivity contribution >= 4 is 22.8 Å². The Morgan fingerprint density at radius 3 is 2.39 bits per heavy atom. The molecule has 3 rings (SSSR count). The lowest BCUT2D eigenvalue weighted by Crippen LogP contribution is -2.39. The number of likely N-dealkylation sites (tertiary alicyclic amines) is 1. The van der Waals surface area contributed by atoms with E-state index in [-0.39, 0.29) is 5.91 Å². The van der Waals surface area contributed by atoms with Crippen LogP contribution in [-0.4, -0.2) is 50.2 Å². The van der Waals surface area contributed by atoms with Crippen LogP contribution in [-0.2, 0) is 11.3 Å². The van der Waals surface area contributed by atoms with Crippen LogP contribution < -0.4 is 5.32 Å². The van der Waals surface area contributed by atoms with Crippen LogP contribution in [0.4, 0.5) is 5.82 Å². The molecule has 1 fully saturated rings. The van der Waals surface area contributed by atoms with Crippen molar-refractivity contribution < 1.29 is 4.79 Å². The molecular weight excluding hydrogens is 352 g/mol. The molecule has 0 bridgehead atoms. The van der Waals surface area contributed by atoms with Crippen molar-refractivity contribution in [3.05, 3.63) is 12.5 Å². The van der Waals surface area contributed by atoms with Crippen molar-refractivity contribution in [1.29, 1.82) is 0 Å². The molecule has 2 aromatic heterocycles. The van der Waals surface area contributed by atoms with Crippen LogP contribution >= 0.6 is 0 Å². The number of fused-ring (bicyclic) bond motifs is 1. The number of rotatable bonds is 4. The van der Waals surface area contributed by atoms with E-state index in [0.717, 1.165) is 43.1 Å². The molecule has 0 spiro atoms. The summed E-state index contributed by atoms with van der Waals surface area (Å²) < 4.78 is 1.92. The zero-order valence-electron chi connectivity index (χ0n) is 18.1. The minimum absolute atomic E-state index is 0.0676. The number of nitrogens with zero attached hydrogens (tertiary/aromatic N) is 5. The normalized spacial score (nSPS) is 17.2. The first-order chi connectivity index (χ1) is 13.1. The zero-order chi connectivity index (χ0) is 20.5. The predicted molar refractivity (Wildman–Crippen MR) is 112 cm³/mol. The summed E-state index contributed by atoms with van der Waals surface area (Å²) in [6.07, 6.45) is 5.76. The summed E-state index contributed by atoms with van der Waals surface area (Å²) in [6, 6.07) is 0. The first-order valence-corrected chi connectivity index (χ1v) is 10.3. The van der Waals surface area contributed by atoms with Gasteiger partial charge in [0.25, 0.3) is 0 Å². The van der Waals surface area contributed by atoms with Crippen molar-refractivity contribution in [1.82, 2.24) is 24.6 Å². The average molecular weight is 387 g/mol. The lowest BCUT2D eigenvalue weighted by Gasteiger charge is -2.38. The zero-order valence-corrected chi connectivity index (χ0v) is 18.1. The number of piperidine rings is 1. The van der Waals surface area contributed by atoms with E-state index >= 15 is 0 Å². The SMILES string of the molecule is CC(C)(C)C(=O)Nc1ncnc2c1cnn2CCN1CCC(C(C)(C)C)CC1. The molecule has 1 N–H and O–H groups in total. The highest BCUT2D eigenvalue weighted by molar-refractivity contribution is 6.00. The number of amides is 1. The molecule has 1 aliphatic rings. The van der Waals surface area contributed by atoms with Crippen LogP contribution in [0.3, 0.4) is 0 Å². The summed E-state index contributed by atoms with van der Waals surface area (Å²) in [4.78, 5) is 23.5. The van der Waals surface area contributed by atoms with E-state index in [1.54, 1.807) is 6.20 Å². The number of nitrogens with one attached hydrogen (secondary N) is 1. The van der Waals surface area contributed by atoms with E-state index in [1.165, 1.54) is 19.2 Å². The molecule has 1 amide bonds. The number of anilines is 1. The van der Waals surface area contributed by atoms with Gasteiger partial charge in [-0.15, -0.1) is 0 Å². The maximum absolute atomic E-state index is 12.3. The molecular formula is C21H34N6O. The van der Waals surface area contributed by atoms with Crippen molar-refractivity contribution in [2.24, 2.45) is 16.7 Å². The van der Waals surface area contributed by atoms with Crippen LogP contribution in [0, 0.1) is 16.7 Å². The quantitative estimate of drug-likeness (QED) is 0.869. The molecule has 28 heavy (non-hydrogen) atoms. The Kier molecular flexibility index (Phi) is 5.75. The Labute approximate surface area is 167 Å². The first kappa shape index (κ1) is 20.7. The summed E-state index contributed by atoms with van der Waals surface area (Å²) in [5, 5.41) is 8.19. The molecule has 0 aliphatic carbocycles. The molecule has 0 radical (unpaired) electrons. The van der Waals surface area contributed by atoms with Gasteiger partial charge in [-0.25, -0.2) is 14.6 Å². The third kappa shape index (κ3) is 4.69. The van der Waals surface area contributed by atoms with E-state index in [0.29, 0.717) is 11.2 Å². The van der Waals surface area contributed by atoms with Gasteiger partial charge >= 0.3 is 0 Å². The highest BCUT2D eigenvalue weighted by Gasteiger charge is 2.28. The van der Waals surface area contributed by atoms with E-state index in [1.807, 2.05) is 25.5 Å². The number of aromatic nitrogens is 4. The Morgan fingerprint density at radius 1 is 1.11 bits per heavy atom. The van der Waals surface area contributed by atoms with Crippen LogP contribution in [0.1, 0.15) is 54.4 Å². The van der Waals surface area contributed by atoms with Crippen molar-refractivity contribution in [2.75, 3.05) is 25.0 Å². The van der Waals surface area contributed by atoms with Crippen LogP contribution in [0.2, 0.25) is 0 Å². The van der Waals surface area contributed by atoms with Crippen molar-refractivity contribution in [3.63, 3.8) is 0 Å². The van der Waals surface area contributed by atoms with E-state index in [4.69, 9.17) is 0 Å². The Bertz CT molecular complexity index is 822. The Hall–Kier alpha value is -2.02. The number of carbonyl (C=O) groups is 1. The summed E-state index contributed by atoms with van der Waals surface area (Å²) >= 11 is 0. The summed E-state index contributed by atoms with van der Waals surface area (Å²) in [5.74, 6) is 1.26. The van der Waals surface area contributed by atoms with Crippen LogP contribution in [0.25, 0.3) is 11.0 Å². The number of hydrogen-bond acceptors (Lipinski definition) is 5. The number of carbonyl (C=O) groups excluding carboxylic acids is 1.